The standard InChI is InChI=1S/C16H23BrN2S/c1-10(2)12-5-3-4-6-14(12)19-15-8-7-11(17)9-13(15)16(18)20/h7-10,12,14,19H,3-6H2,1-2H3,(H2,18,20). The lowest BCUT2D eigenvalue weighted by Crippen LogP contribution is -2.35. The van der Waals surface area contributed by atoms with E-state index in [0.29, 0.717) is 16.9 Å². The highest BCUT2D eigenvalue weighted by atomic mass is 79.9. The highest BCUT2D eigenvalue weighted by Crippen LogP contribution is 2.33. The molecule has 110 valence electrons. The van der Waals surface area contributed by atoms with Gasteiger partial charge in [0.1, 0.15) is 4.99 Å². The largest absolute Gasteiger partial charge is 0.389 e. The van der Waals surface area contributed by atoms with Gasteiger partial charge in [-0.15, -0.1) is 0 Å². The lowest BCUT2D eigenvalue weighted by atomic mass is 9.77. The van der Waals surface area contributed by atoms with Crippen LogP contribution in [0.1, 0.15) is 45.1 Å². The van der Waals surface area contributed by atoms with Gasteiger partial charge >= 0.3 is 0 Å². The Morgan fingerprint density at radius 3 is 2.70 bits per heavy atom. The predicted molar refractivity (Wildman–Crippen MR) is 94.2 cm³/mol. The predicted octanol–water partition coefficient (Wildman–Crippen LogP) is 4.71. The van der Waals surface area contributed by atoms with E-state index in [9.17, 15) is 0 Å². The molecule has 2 atom stereocenters. The van der Waals surface area contributed by atoms with E-state index in [0.717, 1.165) is 21.6 Å². The van der Waals surface area contributed by atoms with Gasteiger partial charge in [-0.25, -0.2) is 0 Å². The third kappa shape index (κ3) is 3.73. The molecule has 1 aromatic rings. The highest BCUT2D eigenvalue weighted by Gasteiger charge is 2.27. The molecule has 0 amide bonds. The Morgan fingerprint density at radius 1 is 1.35 bits per heavy atom. The van der Waals surface area contributed by atoms with Gasteiger partial charge in [0.2, 0.25) is 0 Å². The summed E-state index contributed by atoms with van der Waals surface area (Å²) in [5.74, 6) is 1.43. The lowest BCUT2D eigenvalue weighted by molar-refractivity contribution is 0.254. The van der Waals surface area contributed by atoms with Crippen LogP contribution in [0.15, 0.2) is 22.7 Å². The van der Waals surface area contributed by atoms with Crippen LogP contribution in [0.2, 0.25) is 0 Å². The van der Waals surface area contributed by atoms with Crippen LogP contribution in [-0.2, 0) is 0 Å². The molecule has 1 saturated carbocycles. The smallest absolute Gasteiger partial charge is 0.106 e. The second-order valence-electron chi connectivity index (χ2n) is 6.00. The van der Waals surface area contributed by atoms with Gasteiger partial charge in [-0.1, -0.05) is 54.8 Å². The molecule has 20 heavy (non-hydrogen) atoms. The van der Waals surface area contributed by atoms with E-state index in [-0.39, 0.29) is 0 Å². The van der Waals surface area contributed by atoms with Crippen molar-refractivity contribution in [1.82, 2.24) is 0 Å². The first-order valence-electron chi connectivity index (χ1n) is 7.35. The topological polar surface area (TPSA) is 38.0 Å². The summed E-state index contributed by atoms with van der Waals surface area (Å²) in [6.45, 7) is 4.64. The summed E-state index contributed by atoms with van der Waals surface area (Å²) in [4.78, 5) is 0.450. The van der Waals surface area contributed by atoms with Gasteiger partial charge in [0, 0.05) is 21.8 Å². The molecule has 1 fully saturated rings. The third-order valence-electron chi connectivity index (χ3n) is 4.26. The van der Waals surface area contributed by atoms with Crippen molar-refractivity contribution in [3.05, 3.63) is 28.2 Å². The molecule has 1 aliphatic rings. The minimum atomic E-state index is 0.450. The normalized spacial score (nSPS) is 22.8. The zero-order chi connectivity index (χ0) is 14.7. The molecule has 2 rings (SSSR count). The first-order chi connectivity index (χ1) is 9.49. The number of benzene rings is 1. The molecule has 0 spiro atoms. The fourth-order valence-corrected chi connectivity index (χ4v) is 3.71. The molecule has 4 heteroatoms. The van der Waals surface area contributed by atoms with Crippen LogP contribution in [0.5, 0.6) is 0 Å². The summed E-state index contributed by atoms with van der Waals surface area (Å²) in [6.07, 6.45) is 5.20. The van der Waals surface area contributed by atoms with E-state index >= 15 is 0 Å². The molecule has 1 aliphatic carbocycles. The minimum absolute atomic E-state index is 0.450. The second kappa shape index (κ2) is 6.90. The van der Waals surface area contributed by atoms with Crippen LogP contribution >= 0.6 is 28.1 Å². The average Bonchev–Trinajstić information content (AvgIpc) is 2.41. The van der Waals surface area contributed by atoms with Gasteiger partial charge in [-0.2, -0.15) is 0 Å². The molecule has 1 aromatic carbocycles. The van der Waals surface area contributed by atoms with E-state index in [4.69, 9.17) is 18.0 Å². The Bertz CT molecular complexity index is 487. The van der Waals surface area contributed by atoms with Crippen molar-refractivity contribution in [3.63, 3.8) is 0 Å². The van der Waals surface area contributed by atoms with E-state index in [1.54, 1.807) is 0 Å². The van der Waals surface area contributed by atoms with Crippen molar-refractivity contribution in [2.24, 2.45) is 17.6 Å². The van der Waals surface area contributed by atoms with Gasteiger partial charge in [-0.3, -0.25) is 0 Å². The molecular weight excluding hydrogens is 332 g/mol. The van der Waals surface area contributed by atoms with Crippen molar-refractivity contribution < 1.29 is 0 Å². The number of anilines is 1. The van der Waals surface area contributed by atoms with Crippen molar-refractivity contribution in [2.75, 3.05) is 5.32 Å². The molecule has 2 unspecified atom stereocenters. The van der Waals surface area contributed by atoms with E-state index < -0.39 is 0 Å². The van der Waals surface area contributed by atoms with Crippen LogP contribution in [0.3, 0.4) is 0 Å². The first kappa shape index (κ1) is 15.8. The van der Waals surface area contributed by atoms with Gasteiger partial charge in [-0.05, 0) is 42.9 Å². The first-order valence-corrected chi connectivity index (χ1v) is 8.55. The number of nitrogens with one attached hydrogen (secondary N) is 1. The summed E-state index contributed by atoms with van der Waals surface area (Å²) in [5.41, 5.74) is 7.85. The van der Waals surface area contributed by atoms with Gasteiger partial charge < -0.3 is 11.1 Å². The fraction of sp³-hybridized carbons (Fsp3) is 0.562. The Kier molecular flexibility index (Phi) is 5.44. The zero-order valence-electron chi connectivity index (χ0n) is 12.2. The van der Waals surface area contributed by atoms with Crippen molar-refractivity contribution in [1.29, 1.82) is 0 Å². The number of halogens is 1. The molecule has 0 saturated heterocycles. The highest BCUT2D eigenvalue weighted by molar-refractivity contribution is 9.10. The Balaban J connectivity index is 2.22. The molecule has 0 aliphatic heterocycles. The van der Waals surface area contributed by atoms with Crippen molar-refractivity contribution in [3.8, 4) is 0 Å². The molecular formula is C16H23BrN2S. The molecule has 0 radical (unpaired) electrons. The number of hydrogen-bond donors (Lipinski definition) is 2. The van der Waals surface area contributed by atoms with E-state index in [2.05, 4.69) is 41.2 Å². The second-order valence-corrected chi connectivity index (χ2v) is 7.35. The Morgan fingerprint density at radius 2 is 2.05 bits per heavy atom. The summed E-state index contributed by atoms with van der Waals surface area (Å²) in [5, 5.41) is 3.70. The van der Waals surface area contributed by atoms with Crippen LogP contribution in [0.4, 0.5) is 5.69 Å². The number of nitrogens with two attached hydrogens (primary N) is 1. The maximum Gasteiger partial charge on any atom is 0.106 e. The maximum atomic E-state index is 5.85. The van der Waals surface area contributed by atoms with Crippen LogP contribution in [0.25, 0.3) is 0 Å². The number of hydrogen-bond acceptors (Lipinski definition) is 2. The van der Waals surface area contributed by atoms with Gasteiger partial charge in [0.05, 0.1) is 0 Å². The van der Waals surface area contributed by atoms with Gasteiger partial charge in [0.25, 0.3) is 0 Å². The molecule has 3 N–H and O–H groups in total. The van der Waals surface area contributed by atoms with Gasteiger partial charge in [0.15, 0.2) is 0 Å². The molecule has 0 aromatic heterocycles. The summed E-state index contributed by atoms with van der Waals surface area (Å²) >= 11 is 8.66. The SMILES string of the molecule is CC(C)C1CCCCC1Nc1ccc(Br)cc1C(N)=S. The summed E-state index contributed by atoms with van der Waals surface area (Å²) in [7, 11) is 0. The Hall–Kier alpha value is -0.610. The minimum Gasteiger partial charge on any atom is -0.389 e. The quantitative estimate of drug-likeness (QED) is 0.768. The third-order valence-corrected chi connectivity index (χ3v) is 4.98. The number of rotatable bonds is 4. The number of thiocarbonyl (C=S) groups is 1. The van der Waals surface area contributed by atoms with Crippen LogP contribution in [-0.4, -0.2) is 11.0 Å². The molecule has 2 nitrogen and oxygen atoms in total. The zero-order valence-corrected chi connectivity index (χ0v) is 14.6. The maximum absolute atomic E-state index is 5.85. The lowest BCUT2D eigenvalue weighted by Gasteiger charge is -2.36. The van der Waals surface area contributed by atoms with E-state index in [1.807, 2.05) is 12.1 Å². The monoisotopic (exact) mass is 354 g/mol. The van der Waals surface area contributed by atoms with Crippen LogP contribution < -0.4 is 11.1 Å². The summed E-state index contributed by atoms with van der Waals surface area (Å²) < 4.78 is 1.01. The van der Waals surface area contributed by atoms with Crippen molar-refractivity contribution >= 4 is 38.8 Å². The molecule has 0 heterocycles. The van der Waals surface area contributed by atoms with E-state index in [1.165, 1.54) is 25.7 Å². The van der Waals surface area contributed by atoms with Crippen molar-refractivity contribution in [2.45, 2.75) is 45.6 Å². The fourth-order valence-electron chi connectivity index (χ4n) is 3.18. The molecule has 0 bridgehead atoms. The summed E-state index contributed by atoms with van der Waals surface area (Å²) in [6, 6.07) is 6.64. The van der Waals surface area contributed by atoms with Crippen LogP contribution in [0, 0.1) is 11.8 Å². The Labute approximate surface area is 135 Å². The average molecular weight is 355 g/mol.